The summed E-state index contributed by atoms with van der Waals surface area (Å²) < 4.78 is 0. The standard InChI is InChI=1S/C10H19NO/c1-6-11-10(4,5)9(12)7-8(2)3/h7,11H,6H2,1-5H3. The summed E-state index contributed by atoms with van der Waals surface area (Å²) in [5, 5.41) is 3.13. The molecule has 0 amide bonds. The highest BCUT2D eigenvalue weighted by Crippen LogP contribution is 2.06. The van der Waals surface area contributed by atoms with E-state index in [-0.39, 0.29) is 5.78 Å². The molecule has 0 atom stereocenters. The zero-order chi connectivity index (χ0) is 9.78. The number of carbonyl (C=O) groups is 1. The molecule has 0 aromatic heterocycles. The first kappa shape index (κ1) is 11.4. The summed E-state index contributed by atoms with van der Waals surface area (Å²) in [7, 11) is 0. The summed E-state index contributed by atoms with van der Waals surface area (Å²) in [5.41, 5.74) is 0.623. The Morgan fingerprint density at radius 1 is 1.42 bits per heavy atom. The molecule has 0 spiro atoms. The van der Waals surface area contributed by atoms with Crippen LogP contribution in [0.4, 0.5) is 0 Å². The third-order valence-electron chi connectivity index (χ3n) is 1.65. The average Bonchev–Trinajstić information content (AvgIpc) is 1.85. The van der Waals surface area contributed by atoms with Gasteiger partial charge < -0.3 is 5.32 Å². The SMILES string of the molecule is CCNC(C)(C)C(=O)C=C(C)C. The van der Waals surface area contributed by atoms with Crippen molar-refractivity contribution < 1.29 is 4.79 Å². The molecule has 2 nitrogen and oxygen atoms in total. The van der Waals surface area contributed by atoms with E-state index in [0.717, 1.165) is 12.1 Å². The summed E-state index contributed by atoms with van der Waals surface area (Å²) in [6.45, 7) is 10.5. The number of carbonyl (C=O) groups excluding carboxylic acids is 1. The molecule has 0 heterocycles. The van der Waals surface area contributed by atoms with Crippen LogP contribution < -0.4 is 5.32 Å². The summed E-state index contributed by atoms with van der Waals surface area (Å²) in [4.78, 5) is 11.5. The number of ketones is 1. The molecule has 0 radical (unpaired) electrons. The van der Waals surface area contributed by atoms with E-state index in [2.05, 4.69) is 5.32 Å². The Labute approximate surface area is 75.0 Å². The fraction of sp³-hybridized carbons (Fsp3) is 0.700. The van der Waals surface area contributed by atoms with Crippen LogP contribution in [0.2, 0.25) is 0 Å². The minimum absolute atomic E-state index is 0.143. The van der Waals surface area contributed by atoms with Crippen LogP contribution >= 0.6 is 0 Å². The van der Waals surface area contributed by atoms with Crippen molar-refractivity contribution in [3.63, 3.8) is 0 Å². The van der Waals surface area contributed by atoms with Gasteiger partial charge in [-0.05, 0) is 40.3 Å². The third kappa shape index (κ3) is 3.67. The molecular weight excluding hydrogens is 150 g/mol. The maximum absolute atomic E-state index is 11.5. The molecule has 1 N–H and O–H groups in total. The molecule has 2 heteroatoms. The lowest BCUT2D eigenvalue weighted by molar-refractivity contribution is -0.119. The van der Waals surface area contributed by atoms with E-state index < -0.39 is 5.54 Å². The highest BCUT2D eigenvalue weighted by Gasteiger charge is 2.23. The van der Waals surface area contributed by atoms with E-state index in [1.54, 1.807) is 6.08 Å². The molecule has 0 aliphatic rings. The Hall–Kier alpha value is -0.630. The van der Waals surface area contributed by atoms with Crippen LogP contribution in [0.1, 0.15) is 34.6 Å². The molecule has 0 aromatic rings. The van der Waals surface area contributed by atoms with E-state index in [9.17, 15) is 4.79 Å². The molecule has 0 unspecified atom stereocenters. The summed E-state index contributed by atoms with van der Waals surface area (Å²) in [5.74, 6) is 0.143. The summed E-state index contributed by atoms with van der Waals surface area (Å²) in [6, 6.07) is 0. The monoisotopic (exact) mass is 169 g/mol. The molecule has 0 saturated carbocycles. The smallest absolute Gasteiger partial charge is 0.175 e. The number of hydrogen-bond donors (Lipinski definition) is 1. The van der Waals surface area contributed by atoms with Crippen LogP contribution in [0.5, 0.6) is 0 Å². The number of hydrogen-bond acceptors (Lipinski definition) is 2. The minimum atomic E-state index is -0.425. The predicted octanol–water partition coefficient (Wildman–Crippen LogP) is 1.91. The van der Waals surface area contributed by atoms with Gasteiger partial charge in [-0.15, -0.1) is 0 Å². The summed E-state index contributed by atoms with van der Waals surface area (Å²) in [6.07, 6.45) is 1.68. The Bertz CT molecular complexity index is 188. The molecule has 0 saturated heterocycles. The van der Waals surface area contributed by atoms with Crippen molar-refractivity contribution in [3.05, 3.63) is 11.6 Å². The van der Waals surface area contributed by atoms with Gasteiger partial charge in [-0.3, -0.25) is 4.79 Å². The minimum Gasteiger partial charge on any atom is -0.305 e. The van der Waals surface area contributed by atoms with Gasteiger partial charge in [-0.25, -0.2) is 0 Å². The molecule has 0 bridgehead atoms. The number of allylic oxidation sites excluding steroid dienone is 1. The van der Waals surface area contributed by atoms with Crippen LogP contribution in [0, 0.1) is 0 Å². The van der Waals surface area contributed by atoms with Crippen LogP contribution in [-0.4, -0.2) is 17.9 Å². The van der Waals surface area contributed by atoms with Gasteiger partial charge in [0.1, 0.15) is 0 Å². The van der Waals surface area contributed by atoms with E-state index in [0.29, 0.717) is 0 Å². The lowest BCUT2D eigenvalue weighted by Crippen LogP contribution is -2.45. The van der Waals surface area contributed by atoms with Gasteiger partial charge in [-0.2, -0.15) is 0 Å². The fourth-order valence-corrected chi connectivity index (χ4v) is 0.972. The van der Waals surface area contributed by atoms with Gasteiger partial charge in [0.2, 0.25) is 0 Å². The van der Waals surface area contributed by atoms with E-state index >= 15 is 0 Å². The van der Waals surface area contributed by atoms with Gasteiger partial charge in [0.05, 0.1) is 5.54 Å². The Kier molecular flexibility index (Phi) is 4.18. The fourth-order valence-electron chi connectivity index (χ4n) is 0.972. The second kappa shape index (κ2) is 4.41. The zero-order valence-corrected chi connectivity index (χ0v) is 8.69. The van der Waals surface area contributed by atoms with Crippen molar-refractivity contribution in [3.8, 4) is 0 Å². The Balaban J connectivity index is 4.36. The second-order valence-electron chi connectivity index (χ2n) is 3.74. The first-order valence-corrected chi connectivity index (χ1v) is 4.34. The average molecular weight is 169 g/mol. The maximum atomic E-state index is 11.5. The molecule has 0 aromatic carbocycles. The molecule has 0 rings (SSSR count). The van der Waals surface area contributed by atoms with Crippen molar-refractivity contribution in [1.29, 1.82) is 0 Å². The van der Waals surface area contributed by atoms with Gasteiger partial charge in [0, 0.05) is 0 Å². The van der Waals surface area contributed by atoms with Crippen LogP contribution in [-0.2, 0) is 4.79 Å². The lowest BCUT2D eigenvalue weighted by Gasteiger charge is -2.22. The van der Waals surface area contributed by atoms with E-state index in [1.807, 2.05) is 34.6 Å². The predicted molar refractivity (Wildman–Crippen MR) is 52.2 cm³/mol. The molecule has 12 heavy (non-hydrogen) atoms. The highest BCUT2D eigenvalue weighted by atomic mass is 16.1. The summed E-state index contributed by atoms with van der Waals surface area (Å²) >= 11 is 0. The number of rotatable bonds is 4. The van der Waals surface area contributed by atoms with E-state index in [1.165, 1.54) is 0 Å². The normalized spacial score (nSPS) is 11.1. The zero-order valence-electron chi connectivity index (χ0n) is 8.69. The molecule has 0 aliphatic heterocycles. The topological polar surface area (TPSA) is 29.1 Å². The third-order valence-corrected chi connectivity index (χ3v) is 1.65. The first-order valence-electron chi connectivity index (χ1n) is 4.34. The van der Waals surface area contributed by atoms with Gasteiger partial charge in [0.25, 0.3) is 0 Å². The number of likely N-dealkylation sites (N-methyl/N-ethyl adjacent to an activating group) is 1. The van der Waals surface area contributed by atoms with Crippen LogP contribution in [0.3, 0.4) is 0 Å². The first-order chi connectivity index (χ1) is 5.40. The van der Waals surface area contributed by atoms with Crippen molar-refractivity contribution in [2.24, 2.45) is 0 Å². The van der Waals surface area contributed by atoms with E-state index in [4.69, 9.17) is 0 Å². The molecule has 70 valence electrons. The Morgan fingerprint density at radius 3 is 2.25 bits per heavy atom. The van der Waals surface area contributed by atoms with Gasteiger partial charge in [0.15, 0.2) is 5.78 Å². The van der Waals surface area contributed by atoms with Crippen molar-refractivity contribution in [1.82, 2.24) is 5.32 Å². The highest BCUT2D eigenvalue weighted by molar-refractivity contribution is 5.97. The second-order valence-corrected chi connectivity index (χ2v) is 3.74. The maximum Gasteiger partial charge on any atom is 0.175 e. The van der Waals surface area contributed by atoms with Crippen LogP contribution in [0.25, 0.3) is 0 Å². The van der Waals surface area contributed by atoms with Crippen LogP contribution in [0.15, 0.2) is 11.6 Å². The lowest BCUT2D eigenvalue weighted by atomic mass is 9.97. The van der Waals surface area contributed by atoms with Crippen molar-refractivity contribution in [2.75, 3.05) is 6.54 Å². The van der Waals surface area contributed by atoms with Crippen molar-refractivity contribution in [2.45, 2.75) is 40.2 Å². The largest absolute Gasteiger partial charge is 0.305 e. The van der Waals surface area contributed by atoms with Crippen molar-refractivity contribution >= 4 is 5.78 Å². The quantitative estimate of drug-likeness (QED) is 0.651. The van der Waals surface area contributed by atoms with Gasteiger partial charge >= 0.3 is 0 Å². The number of nitrogens with one attached hydrogen (secondary N) is 1. The Morgan fingerprint density at radius 2 is 1.92 bits per heavy atom. The molecule has 0 fully saturated rings. The molecule has 0 aliphatic carbocycles. The van der Waals surface area contributed by atoms with Gasteiger partial charge in [-0.1, -0.05) is 12.5 Å². The molecular formula is C10H19NO.